The van der Waals surface area contributed by atoms with Crippen molar-refractivity contribution in [1.29, 1.82) is 0 Å². The maximum absolute atomic E-state index is 12.6. The molecule has 0 saturated heterocycles. The quantitative estimate of drug-likeness (QED) is 0.155. The van der Waals surface area contributed by atoms with Crippen LogP contribution in [0.2, 0.25) is 5.02 Å². The zero-order chi connectivity index (χ0) is 25.2. The van der Waals surface area contributed by atoms with Crippen molar-refractivity contribution in [3.05, 3.63) is 99.8 Å². The van der Waals surface area contributed by atoms with Crippen LogP contribution in [0.15, 0.2) is 87.7 Å². The Morgan fingerprint density at radius 2 is 1.81 bits per heavy atom. The number of carbonyl (C=O) groups is 1. The lowest BCUT2D eigenvalue weighted by Gasteiger charge is -2.11. The van der Waals surface area contributed by atoms with Crippen molar-refractivity contribution in [2.75, 3.05) is 5.32 Å². The molecule has 5 aromatic rings. The van der Waals surface area contributed by atoms with Gasteiger partial charge in [0.2, 0.25) is 5.89 Å². The van der Waals surface area contributed by atoms with Crippen molar-refractivity contribution in [2.45, 2.75) is 0 Å². The number of oxazole rings is 1. The fourth-order valence-corrected chi connectivity index (χ4v) is 3.82. The van der Waals surface area contributed by atoms with E-state index in [9.17, 15) is 14.9 Å². The van der Waals surface area contributed by atoms with Gasteiger partial charge in [0.05, 0.1) is 15.6 Å². The van der Waals surface area contributed by atoms with Gasteiger partial charge in [0, 0.05) is 23.3 Å². The summed E-state index contributed by atoms with van der Waals surface area (Å²) >= 11 is 11.6. The number of fused-ring (bicyclic) bond motifs is 1. The second kappa shape index (κ2) is 9.61. The highest BCUT2D eigenvalue weighted by molar-refractivity contribution is 7.80. The Labute approximate surface area is 213 Å². The summed E-state index contributed by atoms with van der Waals surface area (Å²) in [5.74, 6) is 0.0920. The molecule has 0 fully saturated rings. The first-order chi connectivity index (χ1) is 17.4. The zero-order valence-electron chi connectivity index (χ0n) is 18.2. The van der Waals surface area contributed by atoms with Gasteiger partial charge in [-0.15, -0.1) is 0 Å². The lowest BCUT2D eigenvalue weighted by molar-refractivity contribution is -0.384. The van der Waals surface area contributed by atoms with Gasteiger partial charge < -0.3 is 14.2 Å². The first kappa shape index (κ1) is 23.2. The zero-order valence-corrected chi connectivity index (χ0v) is 19.8. The molecule has 2 aromatic heterocycles. The molecule has 0 aliphatic heterocycles. The van der Waals surface area contributed by atoms with Crippen LogP contribution in [0.25, 0.3) is 33.9 Å². The standard InChI is InChI=1S/C25H15ClN4O5S/c26-17-9-8-15(24-27-18-6-1-2-7-21(18)35-24)13-19(17)28-25(36)29-23(31)22-11-10-20(34-22)14-4-3-5-16(12-14)30(32)33/h1-13H,(H2,28,29,31,36). The van der Waals surface area contributed by atoms with Crippen LogP contribution in [0.4, 0.5) is 11.4 Å². The van der Waals surface area contributed by atoms with Crippen LogP contribution in [0.5, 0.6) is 0 Å². The van der Waals surface area contributed by atoms with E-state index in [1.165, 1.54) is 24.3 Å². The molecule has 3 aromatic carbocycles. The second-order valence-corrected chi connectivity index (χ2v) is 8.38. The number of carbonyl (C=O) groups excluding carboxylic acids is 1. The molecule has 9 nitrogen and oxygen atoms in total. The summed E-state index contributed by atoms with van der Waals surface area (Å²) in [4.78, 5) is 27.6. The highest BCUT2D eigenvalue weighted by Crippen LogP contribution is 2.30. The average Bonchev–Trinajstić information content (AvgIpc) is 3.53. The molecule has 2 N–H and O–H groups in total. The lowest BCUT2D eigenvalue weighted by Crippen LogP contribution is -2.34. The summed E-state index contributed by atoms with van der Waals surface area (Å²) < 4.78 is 11.4. The van der Waals surface area contributed by atoms with Crippen LogP contribution in [0.1, 0.15) is 10.6 Å². The Kier molecular flexibility index (Phi) is 6.19. The van der Waals surface area contributed by atoms with Crippen molar-refractivity contribution in [2.24, 2.45) is 0 Å². The summed E-state index contributed by atoms with van der Waals surface area (Å²) in [5.41, 5.74) is 2.87. The number of rotatable bonds is 5. The number of furan rings is 1. The van der Waals surface area contributed by atoms with Crippen LogP contribution in [-0.2, 0) is 0 Å². The van der Waals surface area contributed by atoms with Crippen LogP contribution in [0, 0.1) is 10.1 Å². The highest BCUT2D eigenvalue weighted by Gasteiger charge is 2.17. The molecule has 178 valence electrons. The number of benzene rings is 3. The number of amides is 1. The van der Waals surface area contributed by atoms with Crippen LogP contribution in [-0.4, -0.2) is 20.9 Å². The number of aromatic nitrogens is 1. The van der Waals surface area contributed by atoms with Gasteiger partial charge in [-0.3, -0.25) is 20.2 Å². The monoisotopic (exact) mass is 518 g/mol. The van der Waals surface area contributed by atoms with Crippen LogP contribution >= 0.6 is 23.8 Å². The van der Waals surface area contributed by atoms with E-state index < -0.39 is 10.8 Å². The van der Waals surface area contributed by atoms with Crippen molar-refractivity contribution >= 4 is 57.3 Å². The van der Waals surface area contributed by atoms with Crippen molar-refractivity contribution in [1.82, 2.24) is 10.3 Å². The van der Waals surface area contributed by atoms with Gasteiger partial charge >= 0.3 is 0 Å². The summed E-state index contributed by atoms with van der Waals surface area (Å²) in [7, 11) is 0. The maximum atomic E-state index is 12.6. The number of nitro benzene ring substituents is 1. The highest BCUT2D eigenvalue weighted by atomic mass is 35.5. The first-order valence-corrected chi connectivity index (χ1v) is 11.3. The minimum Gasteiger partial charge on any atom is -0.451 e. The number of anilines is 1. The Bertz CT molecular complexity index is 1610. The summed E-state index contributed by atoms with van der Waals surface area (Å²) in [6.45, 7) is 0. The molecule has 0 unspecified atom stereocenters. The summed E-state index contributed by atoms with van der Waals surface area (Å²) in [6.07, 6.45) is 0. The molecule has 0 aliphatic rings. The third kappa shape index (κ3) is 4.81. The largest absolute Gasteiger partial charge is 0.451 e. The number of halogens is 1. The van der Waals surface area contributed by atoms with Crippen molar-refractivity contribution < 1.29 is 18.6 Å². The van der Waals surface area contributed by atoms with E-state index in [0.29, 0.717) is 39.1 Å². The average molecular weight is 519 g/mol. The smallest absolute Gasteiger partial charge is 0.293 e. The molecular formula is C25H15ClN4O5S. The third-order valence-corrected chi connectivity index (χ3v) is 5.69. The van der Waals surface area contributed by atoms with Gasteiger partial charge in [-0.2, -0.15) is 0 Å². The molecule has 0 saturated carbocycles. The number of para-hydroxylation sites is 2. The molecule has 5 rings (SSSR count). The van der Waals surface area contributed by atoms with E-state index >= 15 is 0 Å². The summed E-state index contributed by atoms with van der Waals surface area (Å²) in [5, 5.41) is 16.8. The molecule has 0 aliphatic carbocycles. The SMILES string of the molecule is O=C(NC(=S)Nc1cc(-c2nc3ccccc3o2)ccc1Cl)c1ccc(-c2cccc([N+](=O)[O-])c2)o1. The minimum absolute atomic E-state index is 0.00934. The molecular weight excluding hydrogens is 504 g/mol. The van der Waals surface area contributed by atoms with Gasteiger partial charge in [-0.25, -0.2) is 4.98 Å². The van der Waals surface area contributed by atoms with Crippen LogP contribution in [0.3, 0.4) is 0 Å². The molecule has 36 heavy (non-hydrogen) atoms. The van der Waals surface area contributed by atoms with Crippen molar-refractivity contribution in [3.63, 3.8) is 0 Å². The normalized spacial score (nSPS) is 10.8. The summed E-state index contributed by atoms with van der Waals surface area (Å²) in [6, 6.07) is 21.4. The maximum Gasteiger partial charge on any atom is 0.293 e. The Balaban J connectivity index is 1.29. The first-order valence-electron chi connectivity index (χ1n) is 10.5. The van der Waals surface area contributed by atoms with E-state index in [1.807, 2.05) is 24.3 Å². The van der Waals surface area contributed by atoms with E-state index in [-0.39, 0.29) is 16.6 Å². The van der Waals surface area contributed by atoms with Gasteiger partial charge in [0.15, 0.2) is 16.5 Å². The number of nitrogens with one attached hydrogen (secondary N) is 2. The molecule has 2 heterocycles. The predicted octanol–water partition coefficient (Wildman–Crippen LogP) is 6.44. The fraction of sp³-hybridized carbons (Fsp3) is 0. The van der Waals surface area contributed by atoms with E-state index in [0.717, 1.165) is 5.52 Å². The molecule has 0 spiro atoms. The van der Waals surface area contributed by atoms with E-state index in [2.05, 4.69) is 15.6 Å². The van der Waals surface area contributed by atoms with Gasteiger partial charge in [-0.1, -0.05) is 35.9 Å². The number of nitro groups is 1. The Hall–Kier alpha value is -4.54. The second-order valence-electron chi connectivity index (χ2n) is 7.56. The lowest BCUT2D eigenvalue weighted by atomic mass is 10.1. The van der Waals surface area contributed by atoms with Gasteiger partial charge in [-0.05, 0) is 54.7 Å². The van der Waals surface area contributed by atoms with Crippen molar-refractivity contribution in [3.8, 4) is 22.8 Å². The molecule has 11 heteroatoms. The molecule has 0 bridgehead atoms. The molecule has 1 amide bonds. The molecule has 0 radical (unpaired) electrons. The topological polar surface area (TPSA) is 123 Å². The van der Waals surface area contributed by atoms with Crippen LogP contribution < -0.4 is 10.6 Å². The van der Waals surface area contributed by atoms with Gasteiger partial charge in [0.1, 0.15) is 11.3 Å². The van der Waals surface area contributed by atoms with Gasteiger partial charge in [0.25, 0.3) is 11.6 Å². The number of hydrogen-bond donors (Lipinski definition) is 2. The Morgan fingerprint density at radius 3 is 2.61 bits per heavy atom. The fourth-order valence-electron chi connectivity index (χ4n) is 3.46. The minimum atomic E-state index is -0.601. The number of nitrogens with zero attached hydrogens (tertiary/aromatic N) is 2. The predicted molar refractivity (Wildman–Crippen MR) is 139 cm³/mol. The molecule has 0 atom stereocenters. The number of hydrogen-bond acceptors (Lipinski definition) is 7. The number of thiocarbonyl (C=S) groups is 1. The number of non-ortho nitro benzene ring substituents is 1. The van der Waals surface area contributed by atoms with E-state index in [4.69, 9.17) is 32.7 Å². The Morgan fingerprint density at radius 1 is 0.972 bits per heavy atom. The third-order valence-electron chi connectivity index (χ3n) is 5.15. The van der Waals surface area contributed by atoms with E-state index in [1.54, 1.807) is 30.3 Å².